The van der Waals surface area contributed by atoms with Crippen LogP contribution in [0, 0.1) is 12.8 Å². The zero-order valence-corrected chi connectivity index (χ0v) is 13.9. The number of aliphatic hydroxyl groups is 1. The summed E-state index contributed by atoms with van der Waals surface area (Å²) in [7, 11) is 0. The number of fused-ring (bicyclic) bond motifs is 1. The molecule has 0 saturated carbocycles. The van der Waals surface area contributed by atoms with Crippen molar-refractivity contribution in [1.82, 2.24) is 15.3 Å². The first-order valence-electron chi connectivity index (χ1n) is 7.89. The van der Waals surface area contributed by atoms with Crippen molar-refractivity contribution in [1.29, 1.82) is 0 Å². The van der Waals surface area contributed by atoms with Crippen LogP contribution >= 0.6 is 0 Å². The van der Waals surface area contributed by atoms with Gasteiger partial charge in [-0.1, -0.05) is 32.0 Å². The summed E-state index contributed by atoms with van der Waals surface area (Å²) in [6, 6.07) is 7.23. The Kier molecular flexibility index (Phi) is 4.51. The van der Waals surface area contributed by atoms with Gasteiger partial charge in [-0.05, 0) is 18.9 Å². The summed E-state index contributed by atoms with van der Waals surface area (Å²) >= 11 is 0. The minimum atomic E-state index is -0.991. The van der Waals surface area contributed by atoms with Crippen LogP contribution in [0.4, 0.5) is 0 Å². The maximum absolute atomic E-state index is 10.6. The highest BCUT2D eigenvalue weighted by molar-refractivity contribution is 5.85. The fraction of sp³-hybridized carbons (Fsp3) is 0.333. The van der Waals surface area contributed by atoms with Crippen molar-refractivity contribution in [2.75, 3.05) is 0 Å². The first-order chi connectivity index (χ1) is 11.5. The molecule has 24 heavy (non-hydrogen) atoms. The molecule has 2 atom stereocenters. The summed E-state index contributed by atoms with van der Waals surface area (Å²) in [6.07, 6.45) is 1.96. The topological polar surface area (TPSA) is 91.4 Å². The van der Waals surface area contributed by atoms with E-state index in [9.17, 15) is 10.2 Å². The molecule has 0 aliphatic carbocycles. The number of aromatic hydroxyl groups is 1. The third-order valence-corrected chi connectivity index (χ3v) is 4.16. The Morgan fingerprint density at radius 2 is 1.96 bits per heavy atom. The monoisotopic (exact) mass is 327 g/mol. The van der Waals surface area contributed by atoms with Crippen molar-refractivity contribution in [3.63, 3.8) is 0 Å². The number of oxazole rings is 1. The summed E-state index contributed by atoms with van der Waals surface area (Å²) in [4.78, 5) is 8.30. The average Bonchev–Trinajstić information content (AvgIpc) is 2.99. The van der Waals surface area contributed by atoms with E-state index < -0.39 is 6.23 Å². The van der Waals surface area contributed by atoms with Gasteiger partial charge in [0.15, 0.2) is 12.6 Å². The number of nitrogens with zero attached hydrogens (tertiary/aromatic N) is 2. The predicted molar refractivity (Wildman–Crippen MR) is 90.3 cm³/mol. The van der Waals surface area contributed by atoms with Gasteiger partial charge in [-0.15, -0.1) is 0 Å². The van der Waals surface area contributed by atoms with Crippen molar-refractivity contribution in [2.24, 2.45) is 5.92 Å². The summed E-state index contributed by atoms with van der Waals surface area (Å²) in [5.41, 5.74) is 1.69. The number of aliphatic hydroxyl groups excluding tert-OH is 1. The zero-order chi connectivity index (χ0) is 17.3. The Balaban J connectivity index is 1.97. The second-order valence-corrected chi connectivity index (χ2v) is 6.16. The molecule has 2 aromatic heterocycles. The first-order valence-corrected chi connectivity index (χ1v) is 7.89. The molecule has 1 aromatic carbocycles. The van der Waals surface area contributed by atoms with Crippen molar-refractivity contribution in [3.8, 4) is 5.75 Å². The van der Waals surface area contributed by atoms with Gasteiger partial charge in [0.05, 0.1) is 0 Å². The van der Waals surface area contributed by atoms with Gasteiger partial charge in [0, 0.05) is 23.2 Å². The number of benzene rings is 1. The molecule has 3 aromatic rings. The molecular weight excluding hydrogens is 306 g/mol. The lowest BCUT2D eigenvalue weighted by Crippen LogP contribution is -2.30. The van der Waals surface area contributed by atoms with E-state index in [2.05, 4.69) is 15.3 Å². The Morgan fingerprint density at radius 1 is 1.17 bits per heavy atom. The van der Waals surface area contributed by atoms with Gasteiger partial charge in [-0.3, -0.25) is 10.3 Å². The van der Waals surface area contributed by atoms with Crippen LogP contribution in [0.1, 0.15) is 43.1 Å². The Labute approximate surface area is 140 Å². The van der Waals surface area contributed by atoms with Crippen LogP contribution in [0.15, 0.2) is 41.3 Å². The van der Waals surface area contributed by atoms with E-state index in [0.29, 0.717) is 22.5 Å². The van der Waals surface area contributed by atoms with Gasteiger partial charge in [-0.2, -0.15) is 0 Å². The maximum atomic E-state index is 10.6. The van der Waals surface area contributed by atoms with Crippen molar-refractivity contribution < 1.29 is 14.6 Å². The zero-order valence-electron chi connectivity index (χ0n) is 13.9. The highest BCUT2D eigenvalue weighted by Crippen LogP contribution is 2.35. The number of rotatable bonds is 5. The third kappa shape index (κ3) is 2.98. The first kappa shape index (κ1) is 16.4. The van der Waals surface area contributed by atoms with E-state index in [1.807, 2.05) is 38.1 Å². The van der Waals surface area contributed by atoms with Gasteiger partial charge in [-0.25, -0.2) is 4.98 Å². The van der Waals surface area contributed by atoms with Crippen molar-refractivity contribution >= 4 is 10.9 Å². The van der Waals surface area contributed by atoms with Gasteiger partial charge >= 0.3 is 0 Å². The van der Waals surface area contributed by atoms with E-state index in [1.165, 1.54) is 6.39 Å². The van der Waals surface area contributed by atoms with Gasteiger partial charge in [0.2, 0.25) is 0 Å². The Morgan fingerprint density at radius 3 is 2.62 bits per heavy atom. The molecule has 0 spiro atoms. The molecule has 0 fully saturated rings. The van der Waals surface area contributed by atoms with E-state index in [1.54, 1.807) is 13.1 Å². The van der Waals surface area contributed by atoms with E-state index in [0.717, 1.165) is 5.39 Å². The number of nitrogens with one attached hydrogen (secondary N) is 1. The highest BCUT2D eigenvalue weighted by Gasteiger charge is 2.25. The normalized spacial score (nSPS) is 14.2. The minimum Gasteiger partial charge on any atom is -0.505 e. The maximum Gasteiger partial charge on any atom is 0.181 e. The number of hydrogen-bond acceptors (Lipinski definition) is 6. The Bertz CT molecular complexity index is 844. The molecule has 0 bridgehead atoms. The highest BCUT2D eigenvalue weighted by atomic mass is 16.3. The van der Waals surface area contributed by atoms with Gasteiger partial charge in [0.1, 0.15) is 22.7 Å². The summed E-state index contributed by atoms with van der Waals surface area (Å²) in [5, 5.41) is 25.1. The van der Waals surface area contributed by atoms with Crippen molar-refractivity contribution in [2.45, 2.75) is 33.0 Å². The van der Waals surface area contributed by atoms with E-state index in [4.69, 9.17) is 4.42 Å². The number of aromatic nitrogens is 2. The quantitative estimate of drug-likeness (QED) is 0.623. The fourth-order valence-electron chi connectivity index (χ4n) is 2.86. The fourth-order valence-corrected chi connectivity index (χ4v) is 2.86. The molecule has 0 amide bonds. The second-order valence-electron chi connectivity index (χ2n) is 6.16. The Hall–Kier alpha value is -2.44. The molecule has 0 saturated heterocycles. The summed E-state index contributed by atoms with van der Waals surface area (Å²) in [5.74, 6) is 0.809. The van der Waals surface area contributed by atoms with E-state index >= 15 is 0 Å². The minimum absolute atomic E-state index is 0.124. The van der Waals surface area contributed by atoms with Crippen LogP contribution in [0.5, 0.6) is 5.75 Å². The average molecular weight is 327 g/mol. The molecule has 6 heteroatoms. The third-order valence-electron chi connectivity index (χ3n) is 4.16. The van der Waals surface area contributed by atoms with Crippen molar-refractivity contribution in [3.05, 3.63) is 53.9 Å². The molecule has 126 valence electrons. The molecule has 0 aliphatic rings. The number of aryl methyl sites for hydroxylation is 1. The second kappa shape index (κ2) is 6.59. The molecule has 2 heterocycles. The summed E-state index contributed by atoms with van der Waals surface area (Å²) < 4.78 is 5.14. The standard InChI is InChI=1S/C18H21N3O3/c1-10(2)14(21-18(23)15-11(3)24-9-20-15)13-7-6-12-5-4-8-19-16(12)17(13)22/h4-10,14,18,21-23H,1-3H3. The molecule has 0 aliphatic heterocycles. The molecule has 3 rings (SSSR count). The molecule has 6 nitrogen and oxygen atoms in total. The number of pyridine rings is 1. The van der Waals surface area contributed by atoms with Crippen LogP contribution in [-0.4, -0.2) is 20.2 Å². The largest absolute Gasteiger partial charge is 0.505 e. The van der Waals surface area contributed by atoms with Crippen LogP contribution < -0.4 is 5.32 Å². The lowest BCUT2D eigenvalue weighted by molar-refractivity contribution is 0.107. The molecule has 0 radical (unpaired) electrons. The van der Waals surface area contributed by atoms with Crippen LogP contribution in [0.2, 0.25) is 0 Å². The number of phenolic OH excluding ortho intramolecular Hbond substituents is 1. The lowest BCUT2D eigenvalue weighted by atomic mass is 9.93. The lowest BCUT2D eigenvalue weighted by Gasteiger charge is -2.26. The van der Waals surface area contributed by atoms with E-state index in [-0.39, 0.29) is 17.7 Å². The van der Waals surface area contributed by atoms with Gasteiger partial charge < -0.3 is 14.6 Å². The SMILES string of the molecule is Cc1ocnc1C(O)NC(c1ccc2cccnc2c1O)C(C)C. The number of hydrogen-bond donors (Lipinski definition) is 3. The molecule has 2 unspecified atom stereocenters. The molecule has 3 N–H and O–H groups in total. The van der Waals surface area contributed by atoms with Crippen LogP contribution in [0.25, 0.3) is 10.9 Å². The smallest absolute Gasteiger partial charge is 0.181 e. The predicted octanol–water partition coefficient (Wildman–Crippen LogP) is 3.21. The van der Waals surface area contributed by atoms with Gasteiger partial charge in [0.25, 0.3) is 0 Å². The summed E-state index contributed by atoms with van der Waals surface area (Å²) in [6.45, 7) is 5.78. The van der Waals surface area contributed by atoms with Crippen LogP contribution in [-0.2, 0) is 0 Å². The van der Waals surface area contributed by atoms with Crippen LogP contribution in [0.3, 0.4) is 0 Å². The number of phenols is 1. The molecular formula is C18H21N3O3.